The zero-order chi connectivity index (χ0) is 31.6. The number of aromatic nitrogens is 2. The second-order valence-corrected chi connectivity index (χ2v) is 14.6. The highest BCUT2D eigenvalue weighted by molar-refractivity contribution is 6.35. The molecule has 46 heavy (non-hydrogen) atoms. The Labute approximate surface area is 273 Å². The van der Waals surface area contributed by atoms with E-state index in [4.69, 9.17) is 21.3 Å². The minimum absolute atomic E-state index is 0.0348. The van der Waals surface area contributed by atoms with Crippen LogP contribution >= 0.6 is 11.6 Å². The van der Waals surface area contributed by atoms with E-state index in [2.05, 4.69) is 27.0 Å². The van der Waals surface area contributed by atoms with Gasteiger partial charge in [0.25, 0.3) is 0 Å². The van der Waals surface area contributed by atoms with Crippen LogP contribution in [0.1, 0.15) is 51.9 Å². The molecular formula is C36H41ClFN5O3. The molecule has 1 aromatic heterocycles. The number of benzene rings is 3. The van der Waals surface area contributed by atoms with Gasteiger partial charge >= 0.3 is 6.01 Å². The highest BCUT2D eigenvalue weighted by Gasteiger charge is 2.42. The van der Waals surface area contributed by atoms with Crippen LogP contribution in [0, 0.1) is 11.7 Å². The predicted molar refractivity (Wildman–Crippen MR) is 179 cm³/mol. The van der Waals surface area contributed by atoms with E-state index in [-0.39, 0.29) is 51.5 Å². The van der Waals surface area contributed by atoms with Crippen molar-refractivity contribution in [2.24, 2.45) is 5.92 Å². The number of likely N-dealkylation sites (tertiary alicyclic amines) is 1. The summed E-state index contributed by atoms with van der Waals surface area (Å²) in [6.45, 7) is 5.93. The monoisotopic (exact) mass is 645 g/mol. The fraction of sp³-hybridized carbons (Fsp3) is 0.500. The van der Waals surface area contributed by atoms with Crippen molar-refractivity contribution < 1.29 is 19.3 Å². The van der Waals surface area contributed by atoms with Gasteiger partial charge in [-0.15, -0.1) is 0 Å². The molecule has 3 N–H and O–H groups in total. The van der Waals surface area contributed by atoms with Crippen molar-refractivity contribution in [2.45, 2.75) is 75.6 Å². The molecule has 2 unspecified atom stereocenters. The maximum Gasteiger partial charge on any atom is 0.319 e. The highest BCUT2D eigenvalue weighted by atomic mass is 35.5. The zero-order valence-corrected chi connectivity index (χ0v) is 26.9. The standard InChI is InChI=1S/C36H41ClFN5O3/c1-36-12-10-23(41-36)18-43(20-36)34-27-16-28(37)31(26-15-24(44)14-22-6-2-3-7-25(22)26)32(38)33(27)39-35(40-34)46-19-21-11-13-42(17-21)29-8-4-5-9-30(29)45/h2-3,6-7,14-16,21,23,29-30,41,44-45H,4-5,8-13,17-20H2,1H3/t21-,23+,29?,30?,36-/m0/s1. The van der Waals surface area contributed by atoms with Gasteiger partial charge < -0.3 is 25.2 Å². The highest BCUT2D eigenvalue weighted by Crippen LogP contribution is 2.43. The molecule has 5 atom stereocenters. The maximum atomic E-state index is 16.9. The first kappa shape index (κ1) is 30.1. The second kappa shape index (κ2) is 11.8. The summed E-state index contributed by atoms with van der Waals surface area (Å²) < 4.78 is 23.2. The van der Waals surface area contributed by atoms with Crippen molar-refractivity contribution in [2.75, 3.05) is 37.7 Å². The van der Waals surface area contributed by atoms with Gasteiger partial charge in [-0.25, -0.2) is 4.39 Å². The second-order valence-electron chi connectivity index (χ2n) is 14.2. The van der Waals surface area contributed by atoms with Crippen molar-refractivity contribution in [1.82, 2.24) is 20.2 Å². The third-order valence-corrected chi connectivity index (χ3v) is 11.1. The van der Waals surface area contributed by atoms with Crippen molar-refractivity contribution in [3.63, 3.8) is 0 Å². The Kier molecular flexibility index (Phi) is 7.71. The molecule has 4 aliphatic rings. The summed E-state index contributed by atoms with van der Waals surface area (Å²) in [6.07, 6.45) is 7.03. The first-order valence-electron chi connectivity index (χ1n) is 16.7. The van der Waals surface area contributed by atoms with Gasteiger partial charge in [0.15, 0.2) is 5.82 Å². The van der Waals surface area contributed by atoms with Gasteiger partial charge in [0.1, 0.15) is 17.1 Å². The van der Waals surface area contributed by atoms with Gasteiger partial charge in [0, 0.05) is 54.1 Å². The fourth-order valence-electron chi connectivity index (χ4n) is 8.53. The molecule has 242 valence electrons. The molecule has 8 nitrogen and oxygen atoms in total. The molecule has 2 bridgehead atoms. The smallest absolute Gasteiger partial charge is 0.319 e. The van der Waals surface area contributed by atoms with Crippen LogP contribution in [0.5, 0.6) is 11.8 Å². The van der Waals surface area contributed by atoms with Gasteiger partial charge in [-0.2, -0.15) is 9.97 Å². The number of hydrogen-bond acceptors (Lipinski definition) is 8. The van der Waals surface area contributed by atoms with Crippen molar-refractivity contribution in [1.29, 1.82) is 0 Å². The summed E-state index contributed by atoms with van der Waals surface area (Å²) in [5.41, 5.74) is 0.801. The van der Waals surface area contributed by atoms with E-state index in [0.29, 0.717) is 29.4 Å². The van der Waals surface area contributed by atoms with Crippen molar-refractivity contribution in [3.8, 4) is 22.9 Å². The van der Waals surface area contributed by atoms with Gasteiger partial charge in [-0.05, 0) is 80.1 Å². The zero-order valence-electron chi connectivity index (χ0n) is 26.2. The molecule has 0 spiro atoms. The van der Waals surface area contributed by atoms with Crippen LogP contribution < -0.4 is 15.0 Å². The number of aliphatic hydroxyl groups excluding tert-OH is 1. The summed E-state index contributed by atoms with van der Waals surface area (Å²) in [5, 5.41) is 27.3. The van der Waals surface area contributed by atoms with Gasteiger partial charge in [-0.1, -0.05) is 48.7 Å². The molecule has 8 rings (SSSR count). The topological polar surface area (TPSA) is 94.0 Å². The molecule has 1 saturated carbocycles. The SMILES string of the molecule is C[C@]12CC[C@H](CN(c3nc(OC[C@H]4CCN(C5CCCCC5O)C4)nc4c(F)c(-c5cc(O)cc6ccccc56)c(Cl)cc34)C1)N2. The molecular weight excluding hydrogens is 605 g/mol. The number of nitrogens with one attached hydrogen (secondary N) is 1. The normalized spacial score (nSPS) is 28.4. The van der Waals surface area contributed by atoms with Gasteiger partial charge in [0.05, 0.1) is 17.7 Å². The lowest BCUT2D eigenvalue weighted by Gasteiger charge is -2.40. The summed E-state index contributed by atoms with van der Waals surface area (Å²) in [6, 6.07) is 13.2. The Morgan fingerprint density at radius 3 is 2.76 bits per heavy atom. The Hall–Kier alpha value is -3.24. The molecule has 1 aliphatic carbocycles. The molecule has 4 heterocycles. The van der Waals surface area contributed by atoms with Crippen LogP contribution in [0.25, 0.3) is 32.8 Å². The van der Waals surface area contributed by atoms with Crippen LogP contribution in [0.3, 0.4) is 0 Å². The minimum atomic E-state index is -0.561. The van der Waals surface area contributed by atoms with E-state index < -0.39 is 5.82 Å². The minimum Gasteiger partial charge on any atom is -0.508 e. The number of phenolic OH excluding ortho intramolecular Hbond substituents is 1. The number of nitrogens with zero attached hydrogens (tertiary/aromatic N) is 4. The fourth-order valence-corrected chi connectivity index (χ4v) is 8.82. The summed E-state index contributed by atoms with van der Waals surface area (Å²) in [7, 11) is 0. The van der Waals surface area contributed by atoms with E-state index in [0.717, 1.165) is 81.9 Å². The van der Waals surface area contributed by atoms with E-state index in [1.165, 1.54) is 0 Å². The van der Waals surface area contributed by atoms with E-state index in [1.54, 1.807) is 18.2 Å². The maximum absolute atomic E-state index is 16.9. The van der Waals surface area contributed by atoms with Gasteiger partial charge in [-0.3, -0.25) is 4.90 Å². The van der Waals surface area contributed by atoms with E-state index >= 15 is 4.39 Å². The van der Waals surface area contributed by atoms with Crippen LogP contribution in [0.15, 0.2) is 42.5 Å². The lowest BCUT2D eigenvalue weighted by atomic mass is 9.91. The molecule has 3 aliphatic heterocycles. The number of phenols is 1. The number of aromatic hydroxyl groups is 1. The lowest BCUT2D eigenvalue weighted by Crippen LogP contribution is -2.58. The lowest BCUT2D eigenvalue weighted by molar-refractivity contribution is 0.0283. The van der Waals surface area contributed by atoms with E-state index in [9.17, 15) is 10.2 Å². The molecule has 4 aromatic rings. The molecule has 3 aromatic carbocycles. The third kappa shape index (κ3) is 5.45. The Balaban J connectivity index is 1.17. The Morgan fingerprint density at radius 2 is 1.91 bits per heavy atom. The van der Waals surface area contributed by atoms with Crippen LogP contribution in [0.2, 0.25) is 5.02 Å². The van der Waals surface area contributed by atoms with Gasteiger partial charge in [0.2, 0.25) is 0 Å². The predicted octanol–water partition coefficient (Wildman–Crippen LogP) is 6.28. The van der Waals surface area contributed by atoms with Crippen LogP contribution in [-0.2, 0) is 0 Å². The molecule has 0 radical (unpaired) electrons. The first-order chi connectivity index (χ1) is 22.2. The van der Waals surface area contributed by atoms with Crippen molar-refractivity contribution in [3.05, 3.63) is 53.3 Å². The number of fused-ring (bicyclic) bond motifs is 4. The number of aliphatic hydroxyl groups is 1. The third-order valence-electron chi connectivity index (χ3n) is 10.8. The number of rotatable bonds is 6. The van der Waals surface area contributed by atoms with Crippen LogP contribution in [0.4, 0.5) is 10.2 Å². The number of anilines is 1. The summed E-state index contributed by atoms with van der Waals surface area (Å²) >= 11 is 6.92. The number of ether oxygens (including phenoxy) is 1. The van der Waals surface area contributed by atoms with Crippen LogP contribution in [-0.4, -0.2) is 81.6 Å². The largest absolute Gasteiger partial charge is 0.508 e. The molecule has 3 saturated heterocycles. The number of halogens is 2. The average Bonchev–Trinajstić information content (AvgIpc) is 3.62. The summed E-state index contributed by atoms with van der Waals surface area (Å²) in [5.74, 6) is 0.378. The quantitative estimate of drug-likeness (QED) is 0.226. The first-order valence-corrected chi connectivity index (χ1v) is 17.1. The number of piperazine rings is 1. The molecule has 4 fully saturated rings. The Morgan fingerprint density at radius 1 is 1.07 bits per heavy atom. The molecule has 10 heteroatoms. The number of hydrogen-bond donors (Lipinski definition) is 3. The van der Waals surface area contributed by atoms with Crippen molar-refractivity contribution >= 4 is 39.1 Å². The summed E-state index contributed by atoms with van der Waals surface area (Å²) in [4.78, 5) is 14.3. The Bertz CT molecular complexity index is 1810. The van der Waals surface area contributed by atoms with E-state index in [1.807, 2.05) is 24.3 Å². The molecule has 0 amide bonds. The average molecular weight is 646 g/mol.